The Morgan fingerprint density at radius 2 is 2.00 bits per heavy atom. The van der Waals surface area contributed by atoms with E-state index in [2.05, 4.69) is 10.4 Å². The maximum Gasteiger partial charge on any atom is 0.312 e. The number of aryl methyl sites for hydroxylation is 2. The summed E-state index contributed by atoms with van der Waals surface area (Å²) in [5.74, 6) is -0.702. The quantitative estimate of drug-likeness (QED) is 0.465. The number of hydrogen-bond acceptors (Lipinski definition) is 7. The van der Waals surface area contributed by atoms with Crippen LogP contribution in [0.4, 0.5) is 10.7 Å². The zero-order valence-electron chi connectivity index (χ0n) is 16.2. The Morgan fingerprint density at radius 1 is 1.31 bits per heavy atom. The van der Waals surface area contributed by atoms with Crippen molar-refractivity contribution in [2.75, 3.05) is 5.32 Å². The zero-order chi connectivity index (χ0) is 21.5. The molecule has 3 rings (SSSR count). The number of amides is 2. The highest BCUT2D eigenvalue weighted by Crippen LogP contribution is 2.32. The second-order valence-corrected chi connectivity index (χ2v) is 7.73. The number of nitrogens with one attached hydrogen (secondary N) is 1. The van der Waals surface area contributed by atoms with Crippen LogP contribution in [0.2, 0.25) is 0 Å². The fraction of sp³-hybridized carbons (Fsp3) is 0.278. The van der Waals surface area contributed by atoms with Gasteiger partial charge < -0.3 is 15.5 Å². The number of anilines is 1. The van der Waals surface area contributed by atoms with Crippen LogP contribution in [-0.4, -0.2) is 26.5 Å². The van der Waals surface area contributed by atoms with Crippen LogP contribution in [0.25, 0.3) is 0 Å². The lowest BCUT2D eigenvalue weighted by molar-refractivity contribution is -0.386. The lowest BCUT2D eigenvalue weighted by atomic mass is 10.1. The lowest BCUT2D eigenvalue weighted by Crippen LogP contribution is -2.17. The van der Waals surface area contributed by atoms with Gasteiger partial charge in [-0.05, 0) is 45.4 Å². The molecule has 3 heterocycles. The van der Waals surface area contributed by atoms with Gasteiger partial charge in [0.15, 0.2) is 5.76 Å². The van der Waals surface area contributed by atoms with Gasteiger partial charge in [0.25, 0.3) is 11.8 Å². The van der Waals surface area contributed by atoms with E-state index in [9.17, 15) is 19.7 Å². The van der Waals surface area contributed by atoms with Gasteiger partial charge in [-0.25, -0.2) is 0 Å². The standard InChI is InChI=1S/C18H19N5O5S/c1-8-11(4)29-18(14(8)16(19)24)20-17(25)13-6-5-12(28-13)7-22-10(3)15(23(26)27)9(2)21-22/h5-6H,7H2,1-4H3,(H2,19,24)(H,20,25). The average Bonchev–Trinajstić information content (AvgIpc) is 3.26. The van der Waals surface area contributed by atoms with Gasteiger partial charge >= 0.3 is 5.69 Å². The molecule has 0 aromatic carbocycles. The van der Waals surface area contributed by atoms with Crippen LogP contribution in [0.5, 0.6) is 0 Å². The molecular formula is C18H19N5O5S. The molecular weight excluding hydrogens is 398 g/mol. The SMILES string of the molecule is Cc1nn(Cc2ccc(C(=O)Nc3sc(C)c(C)c3C(N)=O)o2)c(C)c1[N+](=O)[O-]. The number of hydrogen-bond donors (Lipinski definition) is 2. The number of carbonyl (C=O) groups excluding carboxylic acids is 2. The second-order valence-electron chi connectivity index (χ2n) is 6.51. The van der Waals surface area contributed by atoms with Crippen molar-refractivity contribution in [2.45, 2.75) is 34.2 Å². The van der Waals surface area contributed by atoms with Crippen molar-refractivity contribution >= 4 is 33.8 Å². The Bertz CT molecular complexity index is 1140. The average molecular weight is 417 g/mol. The molecule has 0 radical (unpaired) electrons. The van der Waals surface area contributed by atoms with Crippen molar-refractivity contribution in [1.82, 2.24) is 9.78 Å². The van der Waals surface area contributed by atoms with Crippen molar-refractivity contribution in [1.29, 1.82) is 0 Å². The number of nitrogens with two attached hydrogens (primary N) is 1. The normalized spacial score (nSPS) is 10.9. The van der Waals surface area contributed by atoms with Crippen LogP contribution < -0.4 is 11.1 Å². The van der Waals surface area contributed by atoms with Gasteiger partial charge in [0.2, 0.25) is 0 Å². The fourth-order valence-electron chi connectivity index (χ4n) is 3.01. The molecule has 0 spiro atoms. The molecule has 152 valence electrons. The summed E-state index contributed by atoms with van der Waals surface area (Å²) in [6.45, 7) is 6.89. The third-order valence-corrected chi connectivity index (χ3v) is 5.70. The van der Waals surface area contributed by atoms with Gasteiger partial charge in [-0.15, -0.1) is 11.3 Å². The Labute approximate surface area is 169 Å². The van der Waals surface area contributed by atoms with Crippen LogP contribution in [0.1, 0.15) is 48.5 Å². The monoisotopic (exact) mass is 417 g/mol. The highest BCUT2D eigenvalue weighted by Gasteiger charge is 2.23. The molecule has 0 aliphatic rings. The maximum absolute atomic E-state index is 12.5. The molecule has 0 unspecified atom stereocenters. The van der Waals surface area contributed by atoms with Crippen LogP contribution in [0, 0.1) is 37.8 Å². The van der Waals surface area contributed by atoms with Crippen molar-refractivity contribution < 1.29 is 18.9 Å². The zero-order valence-corrected chi connectivity index (χ0v) is 17.0. The number of rotatable bonds is 6. The van der Waals surface area contributed by atoms with E-state index in [-0.39, 0.29) is 23.6 Å². The van der Waals surface area contributed by atoms with Gasteiger partial charge in [-0.1, -0.05) is 0 Å². The van der Waals surface area contributed by atoms with E-state index in [0.717, 1.165) is 10.4 Å². The Balaban J connectivity index is 1.80. The van der Waals surface area contributed by atoms with E-state index < -0.39 is 16.7 Å². The number of nitrogens with zero attached hydrogens (tertiary/aromatic N) is 3. The summed E-state index contributed by atoms with van der Waals surface area (Å²) in [7, 11) is 0. The van der Waals surface area contributed by atoms with E-state index in [0.29, 0.717) is 22.1 Å². The van der Waals surface area contributed by atoms with Crippen molar-refractivity contribution in [3.63, 3.8) is 0 Å². The third-order valence-electron chi connectivity index (χ3n) is 4.58. The fourth-order valence-corrected chi connectivity index (χ4v) is 4.08. The smallest absolute Gasteiger partial charge is 0.312 e. The van der Waals surface area contributed by atoms with Crippen molar-refractivity contribution in [3.8, 4) is 0 Å². The molecule has 29 heavy (non-hydrogen) atoms. The Morgan fingerprint density at radius 3 is 2.59 bits per heavy atom. The Hall–Kier alpha value is -3.47. The van der Waals surface area contributed by atoms with Crippen LogP contribution in [0.3, 0.4) is 0 Å². The molecule has 0 saturated carbocycles. The summed E-state index contributed by atoms with van der Waals surface area (Å²) in [5.41, 5.74) is 7.08. The molecule has 3 aromatic heterocycles. The molecule has 3 N–H and O–H groups in total. The molecule has 0 bridgehead atoms. The molecule has 0 aliphatic carbocycles. The maximum atomic E-state index is 12.5. The second kappa shape index (κ2) is 7.51. The number of carbonyl (C=O) groups is 2. The van der Waals surface area contributed by atoms with Gasteiger partial charge in [-0.3, -0.25) is 24.4 Å². The number of thiophene rings is 1. The van der Waals surface area contributed by atoms with Gasteiger partial charge in [0, 0.05) is 4.88 Å². The molecule has 0 saturated heterocycles. The largest absolute Gasteiger partial charge is 0.454 e. The molecule has 0 fully saturated rings. The first-order valence-corrected chi connectivity index (χ1v) is 9.40. The first-order valence-electron chi connectivity index (χ1n) is 8.58. The highest BCUT2D eigenvalue weighted by atomic mass is 32.1. The molecule has 3 aromatic rings. The summed E-state index contributed by atoms with van der Waals surface area (Å²) in [4.78, 5) is 35.7. The van der Waals surface area contributed by atoms with E-state index in [1.807, 2.05) is 6.92 Å². The summed E-state index contributed by atoms with van der Waals surface area (Å²) in [6.07, 6.45) is 0. The number of primary amides is 1. The summed E-state index contributed by atoms with van der Waals surface area (Å²) in [6, 6.07) is 3.08. The summed E-state index contributed by atoms with van der Waals surface area (Å²) < 4.78 is 7.02. The first-order chi connectivity index (χ1) is 13.6. The van der Waals surface area contributed by atoms with Gasteiger partial charge in [0.05, 0.1) is 17.0 Å². The minimum Gasteiger partial charge on any atom is -0.454 e. The number of aromatic nitrogens is 2. The molecule has 0 aliphatic heterocycles. The van der Waals surface area contributed by atoms with Crippen molar-refractivity contribution in [3.05, 3.63) is 61.2 Å². The predicted molar refractivity (Wildman–Crippen MR) is 106 cm³/mol. The van der Waals surface area contributed by atoms with Crippen LogP contribution in [-0.2, 0) is 6.54 Å². The van der Waals surface area contributed by atoms with Gasteiger partial charge in [0.1, 0.15) is 22.1 Å². The topological polar surface area (TPSA) is 146 Å². The minimum absolute atomic E-state index is 0.0372. The summed E-state index contributed by atoms with van der Waals surface area (Å²) in [5, 5.41) is 18.3. The van der Waals surface area contributed by atoms with Crippen LogP contribution in [0.15, 0.2) is 16.5 Å². The first kappa shape index (κ1) is 20.3. The third kappa shape index (κ3) is 3.76. The Kier molecular flexibility index (Phi) is 5.25. The van der Waals surface area contributed by atoms with E-state index in [4.69, 9.17) is 10.2 Å². The van der Waals surface area contributed by atoms with Crippen molar-refractivity contribution in [2.24, 2.45) is 5.73 Å². The molecule has 10 nitrogen and oxygen atoms in total. The van der Waals surface area contributed by atoms with Crippen LogP contribution >= 0.6 is 11.3 Å². The van der Waals surface area contributed by atoms with Gasteiger partial charge in [-0.2, -0.15) is 5.10 Å². The summed E-state index contributed by atoms with van der Waals surface area (Å²) >= 11 is 1.26. The minimum atomic E-state index is -0.617. The molecule has 11 heteroatoms. The van der Waals surface area contributed by atoms with E-state index >= 15 is 0 Å². The molecule has 2 amide bonds. The molecule has 0 atom stereocenters. The number of furan rings is 1. The number of nitro groups is 1. The van der Waals surface area contributed by atoms with E-state index in [1.54, 1.807) is 26.8 Å². The van der Waals surface area contributed by atoms with E-state index in [1.165, 1.54) is 22.1 Å². The highest BCUT2D eigenvalue weighted by molar-refractivity contribution is 7.16. The predicted octanol–water partition coefficient (Wildman–Crippen LogP) is 3.08. The lowest BCUT2D eigenvalue weighted by Gasteiger charge is -2.04.